The number of rotatable bonds is 7. The highest BCUT2D eigenvalue weighted by molar-refractivity contribution is 14.0. The van der Waals surface area contributed by atoms with Crippen molar-refractivity contribution in [1.29, 1.82) is 0 Å². The smallest absolute Gasteiger partial charge is 0.192 e. The number of fused-ring (bicyclic) bond motifs is 1. The molecule has 0 spiro atoms. The molecule has 2 heterocycles. The van der Waals surface area contributed by atoms with E-state index >= 15 is 0 Å². The lowest BCUT2D eigenvalue weighted by molar-refractivity contribution is 0.336. The molecule has 152 valence electrons. The highest BCUT2D eigenvalue weighted by Crippen LogP contribution is 2.31. The van der Waals surface area contributed by atoms with E-state index in [9.17, 15) is 0 Å². The molecule has 1 unspecified atom stereocenters. The average molecular weight is 498 g/mol. The Kier molecular flexibility index (Phi) is 8.09. The quantitative estimate of drug-likeness (QED) is 0.295. The predicted octanol–water partition coefficient (Wildman–Crippen LogP) is 3.39. The fourth-order valence-electron chi connectivity index (χ4n) is 2.75. The number of nitrogens with zero attached hydrogens (tertiary/aromatic N) is 4. The van der Waals surface area contributed by atoms with Gasteiger partial charge in [0.1, 0.15) is 24.5 Å². The van der Waals surface area contributed by atoms with Gasteiger partial charge in [-0.2, -0.15) is 5.10 Å². The Hall–Kier alpha value is -2.30. The number of aryl methyl sites for hydroxylation is 1. The minimum absolute atomic E-state index is 0. The molecule has 3 rings (SSSR count). The third kappa shape index (κ3) is 5.15. The van der Waals surface area contributed by atoms with Gasteiger partial charge < -0.3 is 19.8 Å². The van der Waals surface area contributed by atoms with Gasteiger partial charge in [-0.25, -0.2) is 9.98 Å². The Labute approximate surface area is 181 Å². The summed E-state index contributed by atoms with van der Waals surface area (Å²) in [5.41, 5.74) is 0.768. The normalized spacial score (nSPS) is 12.5. The first-order valence-electron chi connectivity index (χ1n) is 9.15. The van der Waals surface area contributed by atoms with Gasteiger partial charge in [0.25, 0.3) is 0 Å². The number of hydrogen-bond acceptors (Lipinski definition) is 5. The highest BCUT2D eigenvalue weighted by atomic mass is 127. The summed E-state index contributed by atoms with van der Waals surface area (Å²) in [5.74, 6) is 3.07. The van der Waals surface area contributed by atoms with Gasteiger partial charge in [-0.05, 0) is 32.9 Å². The third-order valence-corrected chi connectivity index (χ3v) is 4.13. The van der Waals surface area contributed by atoms with Crippen LogP contribution in [0.1, 0.15) is 38.4 Å². The first-order valence-corrected chi connectivity index (χ1v) is 9.15. The topological polar surface area (TPSA) is 89.5 Å². The SMILES string of the molecule is CCNC(=NCc1ncnn1C)NC(C)c1cc2cccc(OCC)c2o1.I. The van der Waals surface area contributed by atoms with Crippen molar-refractivity contribution >= 4 is 40.9 Å². The van der Waals surface area contributed by atoms with Crippen LogP contribution in [0.2, 0.25) is 0 Å². The molecule has 0 saturated carbocycles. The van der Waals surface area contributed by atoms with E-state index in [1.807, 2.05) is 52.1 Å². The van der Waals surface area contributed by atoms with Crippen molar-refractivity contribution in [3.05, 3.63) is 42.2 Å². The number of ether oxygens (including phenoxy) is 1. The molecule has 0 saturated heterocycles. The van der Waals surface area contributed by atoms with Crippen LogP contribution < -0.4 is 15.4 Å². The number of para-hydroxylation sites is 1. The fourth-order valence-corrected chi connectivity index (χ4v) is 2.75. The first kappa shape index (κ1) is 22.0. The molecule has 0 amide bonds. The Morgan fingerprint density at radius 1 is 1.36 bits per heavy atom. The second kappa shape index (κ2) is 10.3. The van der Waals surface area contributed by atoms with Gasteiger partial charge in [-0.15, -0.1) is 24.0 Å². The number of aliphatic imine (C=N–C) groups is 1. The molecule has 8 nitrogen and oxygen atoms in total. The molecule has 28 heavy (non-hydrogen) atoms. The summed E-state index contributed by atoms with van der Waals surface area (Å²) in [5, 5.41) is 11.7. The largest absolute Gasteiger partial charge is 0.490 e. The standard InChI is InChI=1S/C19H26N6O2.HI/c1-5-20-19(21-11-17-22-12-23-25(17)4)24-13(3)16-10-14-8-7-9-15(26-6-2)18(14)27-16;/h7-10,12-13H,5-6,11H2,1-4H3,(H2,20,21,24);1H. The Bertz CT molecular complexity index is 920. The molecule has 1 atom stereocenters. The number of nitrogens with one attached hydrogen (secondary N) is 2. The van der Waals surface area contributed by atoms with Crippen molar-refractivity contribution in [2.24, 2.45) is 12.0 Å². The van der Waals surface area contributed by atoms with Crippen LogP contribution in [0.3, 0.4) is 0 Å². The van der Waals surface area contributed by atoms with Crippen LogP contribution in [0, 0.1) is 0 Å². The molecule has 9 heteroatoms. The molecule has 0 bridgehead atoms. The molecule has 0 fully saturated rings. The van der Waals surface area contributed by atoms with E-state index in [2.05, 4.69) is 25.7 Å². The molecular weight excluding hydrogens is 471 g/mol. The van der Waals surface area contributed by atoms with Crippen LogP contribution in [0.4, 0.5) is 0 Å². The Balaban J connectivity index is 0.00000280. The van der Waals surface area contributed by atoms with Gasteiger partial charge in [0.05, 0.1) is 12.6 Å². The number of guanidine groups is 1. The maximum atomic E-state index is 6.07. The molecule has 2 aromatic heterocycles. The molecule has 1 aromatic carbocycles. The van der Waals surface area contributed by atoms with Crippen LogP contribution in [0.25, 0.3) is 11.0 Å². The van der Waals surface area contributed by atoms with Crippen molar-refractivity contribution in [3.63, 3.8) is 0 Å². The molecule has 0 aliphatic rings. The molecule has 0 aliphatic heterocycles. The van der Waals surface area contributed by atoms with Gasteiger partial charge in [-0.1, -0.05) is 12.1 Å². The summed E-state index contributed by atoms with van der Waals surface area (Å²) in [6.07, 6.45) is 1.53. The van der Waals surface area contributed by atoms with Crippen LogP contribution in [0.15, 0.2) is 40.0 Å². The maximum absolute atomic E-state index is 6.07. The summed E-state index contributed by atoms with van der Waals surface area (Å²) < 4.78 is 13.4. The number of hydrogen-bond donors (Lipinski definition) is 2. The Morgan fingerprint density at radius 3 is 2.86 bits per heavy atom. The van der Waals surface area contributed by atoms with Gasteiger partial charge >= 0.3 is 0 Å². The third-order valence-electron chi connectivity index (χ3n) is 4.13. The van der Waals surface area contributed by atoms with Crippen molar-refractivity contribution in [2.75, 3.05) is 13.2 Å². The zero-order valence-corrected chi connectivity index (χ0v) is 18.9. The molecule has 0 aliphatic carbocycles. The van der Waals surface area contributed by atoms with E-state index in [1.165, 1.54) is 6.33 Å². The number of benzene rings is 1. The van der Waals surface area contributed by atoms with Gasteiger partial charge in [0.15, 0.2) is 17.3 Å². The monoisotopic (exact) mass is 498 g/mol. The van der Waals surface area contributed by atoms with Crippen LogP contribution >= 0.6 is 24.0 Å². The lowest BCUT2D eigenvalue weighted by atomic mass is 10.2. The van der Waals surface area contributed by atoms with Crippen molar-refractivity contribution in [3.8, 4) is 5.75 Å². The van der Waals surface area contributed by atoms with E-state index in [1.54, 1.807) is 4.68 Å². The number of halogens is 1. The molecule has 2 N–H and O–H groups in total. The summed E-state index contributed by atoms with van der Waals surface area (Å²) in [6, 6.07) is 7.87. The lowest BCUT2D eigenvalue weighted by Gasteiger charge is -2.16. The highest BCUT2D eigenvalue weighted by Gasteiger charge is 2.15. The molecule has 0 radical (unpaired) electrons. The van der Waals surface area contributed by atoms with Crippen molar-refractivity contribution < 1.29 is 9.15 Å². The maximum Gasteiger partial charge on any atom is 0.192 e. The van der Waals surface area contributed by atoms with Crippen molar-refractivity contribution in [1.82, 2.24) is 25.4 Å². The van der Waals surface area contributed by atoms with Gasteiger partial charge in [-0.3, -0.25) is 4.68 Å². The van der Waals surface area contributed by atoms with E-state index in [0.717, 1.165) is 34.8 Å². The Morgan fingerprint density at radius 2 is 2.18 bits per heavy atom. The zero-order valence-electron chi connectivity index (χ0n) is 16.6. The second-order valence-corrected chi connectivity index (χ2v) is 6.12. The number of aromatic nitrogens is 3. The summed E-state index contributed by atoms with van der Waals surface area (Å²) in [4.78, 5) is 8.79. The van der Waals surface area contributed by atoms with E-state index in [-0.39, 0.29) is 30.0 Å². The molecule has 3 aromatic rings. The zero-order chi connectivity index (χ0) is 19.2. The van der Waals surface area contributed by atoms with Crippen LogP contribution in [-0.4, -0.2) is 33.9 Å². The van der Waals surface area contributed by atoms with E-state index in [0.29, 0.717) is 19.1 Å². The van der Waals surface area contributed by atoms with E-state index in [4.69, 9.17) is 9.15 Å². The summed E-state index contributed by atoms with van der Waals surface area (Å²) in [7, 11) is 1.85. The fraction of sp³-hybridized carbons (Fsp3) is 0.421. The molecular formula is C19H27IN6O2. The minimum atomic E-state index is -0.0656. The van der Waals surface area contributed by atoms with Gasteiger partial charge in [0, 0.05) is 19.0 Å². The van der Waals surface area contributed by atoms with Crippen LogP contribution in [0.5, 0.6) is 5.75 Å². The summed E-state index contributed by atoms with van der Waals surface area (Å²) in [6.45, 7) is 7.82. The van der Waals surface area contributed by atoms with Crippen LogP contribution in [-0.2, 0) is 13.6 Å². The first-order chi connectivity index (χ1) is 13.1. The average Bonchev–Trinajstić information content (AvgIpc) is 3.27. The van der Waals surface area contributed by atoms with Crippen molar-refractivity contribution in [2.45, 2.75) is 33.4 Å². The lowest BCUT2D eigenvalue weighted by Crippen LogP contribution is -2.38. The second-order valence-electron chi connectivity index (χ2n) is 6.12. The number of furan rings is 1. The predicted molar refractivity (Wildman–Crippen MR) is 120 cm³/mol. The van der Waals surface area contributed by atoms with E-state index < -0.39 is 0 Å². The summed E-state index contributed by atoms with van der Waals surface area (Å²) >= 11 is 0. The minimum Gasteiger partial charge on any atom is -0.490 e. The van der Waals surface area contributed by atoms with Gasteiger partial charge in [0.2, 0.25) is 0 Å².